The Morgan fingerprint density at radius 2 is 1.68 bits per heavy atom. The molecule has 4 rings (SSSR count). The molecule has 1 heterocycles. The lowest BCUT2D eigenvalue weighted by Gasteiger charge is -2.25. The van der Waals surface area contributed by atoms with E-state index in [9.17, 15) is 14.4 Å². The van der Waals surface area contributed by atoms with Gasteiger partial charge in [0.05, 0.1) is 12.5 Å². The molecule has 1 aliphatic carbocycles. The molecule has 34 heavy (non-hydrogen) atoms. The monoisotopic (exact) mass is 466 g/mol. The van der Waals surface area contributed by atoms with E-state index in [1.54, 1.807) is 0 Å². The van der Waals surface area contributed by atoms with Crippen LogP contribution < -0.4 is 10.6 Å². The zero-order valence-corrected chi connectivity index (χ0v) is 19.3. The van der Waals surface area contributed by atoms with Crippen LogP contribution in [0.15, 0.2) is 48.5 Å². The highest BCUT2D eigenvalue weighted by Gasteiger charge is 2.37. The van der Waals surface area contributed by atoms with Gasteiger partial charge < -0.3 is 25.2 Å². The summed E-state index contributed by atoms with van der Waals surface area (Å²) in [5.74, 6) is -1.53. The Labute approximate surface area is 198 Å². The maximum Gasteiger partial charge on any atom is 0.407 e. The van der Waals surface area contributed by atoms with Crippen LogP contribution in [0.2, 0.25) is 0 Å². The average Bonchev–Trinajstić information content (AvgIpc) is 3.39. The van der Waals surface area contributed by atoms with Crippen LogP contribution in [0.3, 0.4) is 0 Å². The molecule has 2 aromatic carbocycles. The third-order valence-corrected chi connectivity index (χ3v) is 6.52. The molecule has 0 aromatic heterocycles. The third kappa shape index (κ3) is 5.07. The van der Waals surface area contributed by atoms with Crippen LogP contribution in [-0.2, 0) is 19.1 Å². The number of aliphatic carboxylic acids is 1. The molecule has 1 aliphatic heterocycles. The number of fused-ring (bicyclic) bond motifs is 3. The second-order valence-corrected chi connectivity index (χ2v) is 9.11. The van der Waals surface area contributed by atoms with Gasteiger partial charge in [-0.05, 0) is 34.6 Å². The van der Waals surface area contributed by atoms with Gasteiger partial charge in [-0.15, -0.1) is 0 Å². The molecule has 0 radical (unpaired) electrons. The number of hydrogen-bond donors (Lipinski definition) is 3. The number of amides is 2. The quantitative estimate of drug-likeness (QED) is 0.550. The first kappa shape index (κ1) is 23.8. The van der Waals surface area contributed by atoms with E-state index in [4.69, 9.17) is 14.6 Å². The van der Waals surface area contributed by atoms with Crippen LogP contribution in [0.25, 0.3) is 11.1 Å². The highest BCUT2D eigenvalue weighted by atomic mass is 16.6. The summed E-state index contributed by atoms with van der Waals surface area (Å²) < 4.78 is 11.1. The second kappa shape index (κ2) is 10.3. The molecule has 0 spiro atoms. The lowest BCUT2D eigenvalue weighted by molar-refractivity contribution is -0.138. The van der Waals surface area contributed by atoms with E-state index >= 15 is 0 Å². The van der Waals surface area contributed by atoms with Crippen molar-refractivity contribution in [1.29, 1.82) is 0 Å². The molecular weight excluding hydrogens is 436 g/mol. The van der Waals surface area contributed by atoms with Gasteiger partial charge in [0.15, 0.2) is 6.10 Å². The molecule has 3 N–H and O–H groups in total. The Kier molecular flexibility index (Phi) is 7.17. The summed E-state index contributed by atoms with van der Waals surface area (Å²) in [6.07, 6.45) is -1.22. The molecule has 2 aromatic rings. The van der Waals surface area contributed by atoms with Crippen molar-refractivity contribution >= 4 is 18.0 Å². The molecule has 8 nitrogen and oxygen atoms in total. The first-order chi connectivity index (χ1) is 16.3. The van der Waals surface area contributed by atoms with Crippen molar-refractivity contribution in [3.63, 3.8) is 0 Å². The van der Waals surface area contributed by atoms with Gasteiger partial charge in [-0.25, -0.2) is 4.79 Å². The summed E-state index contributed by atoms with van der Waals surface area (Å²) >= 11 is 0. The summed E-state index contributed by atoms with van der Waals surface area (Å²) in [5.41, 5.74) is 4.54. The molecule has 0 saturated carbocycles. The van der Waals surface area contributed by atoms with Crippen LogP contribution in [0.5, 0.6) is 0 Å². The zero-order valence-electron chi connectivity index (χ0n) is 19.3. The topological polar surface area (TPSA) is 114 Å². The number of carbonyl (C=O) groups is 3. The predicted molar refractivity (Wildman–Crippen MR) is 125 cm³/mol. The summed E-state index contributed by atoms with van der Waals surface area (Å²) in [6.45, 7) is 4.18. The molecule has 2 amide bonds. The van der Waals surface area contributed by atoms with Crippen molar-refractivity contribution in [3.05, 3.63) is 59.7 Å². The molecule has 2 aliphatic rings. The van der Waals surface area contributed by atoms with E-state index in [1.165, 1.54) is 0 Å². The summed E-state index contributed by atoms with van der Waals surface area (Å²) in [5, 5.41) is 14.6. The number of ether oxygens (including phenoxy) is 2. The third-order valence-electron chi connectivity index (χ3n) is 6.52. The number of hydrogen-bond acceptors (Lipinski definition) is 5. The van der Waals surface area contributed by atoms with Crippen molar-refractivity contribution < 1.29 is 29.0 Å². The van der Waals surface area contributed by atoms with Gasteiger partial charge in [-0.1, -0.05) is 62.4 Å². The minimum absolute atomic E-state index is 0.0557. The number of alkyl carbamates (subject to hydrolysis) is 1. The summed E-state index contributed by atoms with van der Waals surface area (Å²) in [7, 11) is 0. The number of rotatable bonds is 8. The van der Waals surface area contributed by atoms with Gasteiger partial charge in [-0.3, -0.25) is 9.59 Å². The molecule has 0 bridgehead atoms. The lowest BCUT2D eigenvalue weighted by atomic mass is 9.98. The smallest absolute Gasteiger partial charge is 0.407 e. The van der Waals surface area contributed by atoms with Crippen molar-refractivity contribution in [3.8, 4) is 11.1 Å². The largest absolute Gasteiger partial charge is 0.481 e. The maximum atomic E-state index is 12.8. The van der Waals surface area contributed by atoms with E-state index in [0.717, 1.165) is 22.3 Å². The molecular formula is C26H30N2O6. The maximum absolute atomic E-state index is 12.8. The fourth-order valence-electron chi connectivity index (χ4n) is 4.69. The minimum atomic E-state index is -0.986. The lowest BCUT2D eigenvalue weighted by Crippen LogP contribution is -2.52. The van der Waals surface area contributed by atoms with E-state index in [1.807, 2.05) is 38.1 Å². The Morgan fingerprint density at radius 1 is 1.06 bits per heavy atom. The van der Waals surface area contributed by atoms with Crippen LogP contribution in [0.4, 0.5) is 4.79 Å². The molecule has 8 heteroatoms. The van der Waals surface area contributed by atoms with Crippen LogP contribution in [0, 0.1) is 5.92 Å². The molecule has 1 saturated heterocycles. The van der Waals surface area contributed by atoms with Gasteiger partial charge in [0, 0.05) is 18.6 Å². The van der Waals surface area contributed by atoms with E-state index in [0.29, 0.717) is 13.0 Å². The van der Waals surface area contributed by atoms with Crippen LogP contribution in [0.1, 0.15) is 43.7 Å². The normalized spacial score (nSPS) is 19.9. The Bertz CT molecular complexity index is 1020. The van der Waals surface area contributed by atoms with Gasteiger partial charge in [0.1, 0.15) is 6.61 Å². The van der Waals surface area contributed by atoms with Crippen molar-refractivity contribution in [2.45, 2.75) is 50.8 Å². The predicted octanol–water partition coefficient (Wildman–Crippen LogP) is 3.30. The van der Waals surface area contributed by atoms with Gasteiger partial charge in [0.25, 0.3) is 5.91 Å². The van der Waals surface area contributed by atoms with Gasteiger partial charge in [0.2, 0.25) is 0 Å². The number of carboxylic acids is 1. The number of nitrogens with one attached hydrogen (secondary N) is 2. The average molecular weight is 467 g/mol. The molecule has 180 valence electrons. The number of carboxylic acid groups (broad SMARTS) is 1. The fraction of sp³-hybridized carbons (Fsp3) is 0.423. The van der Waals surface area contributed by atoms with Gasteiger partial charge >= 0.3 is 12.1 Å². The molecule has 1 fully saturated rings. The Balaban J connectivity index is 1.36. The fourth-order valence-corrected chi connectivity index (χ4v) is 4.69. The van der Waals surface area contributed by atoms with Crippen LogP contribution >= 0.6 is 0 Å². The highest BCUT2D eigenvalue weighted by molar-refractivity contribution is 5.84. The zero-order chi connectivity index (χ0) is 24.2. The highest BCUT2D eigenvalue weighted by Crippen LogP contribution is 2.44. The number of benzene rings is 2. The van der Waals surface area contributed by atoms with E-state index in [2.05, 4.69) is 34.9 Å². The van der Waals surface area contributed by atoms with Crippen molar-refractivity contribution in [2.24, 2.45) is 5.92 Å². The Hall–Kier alpha value is -3.39. The number of carbonyl (C=O) groups excluding carboxylic acids is 2. The minimum Gasteiger partial charge on any atom is -0.481 e. The summed E-state index contributed by atoms with van der Waals surface area (Å²) in [6, 6.07) is 15.1. The van der Waals surface area contributed by atoms with E-state index < -0.39 is 36.2 Å². The molecule has 1 unspecified atom stereocenters. The van der Waals surface area contributed by atoms with Crippen LogP contribution in [-0.4, -0.2) is 54.5 Å². The Morgan fingerprint density at radius 3 is 2.26 bits per heavy atom. The first-order valence-electron chi connectivity index (χ1n) is 11.6. The van der Waals surface area contributed by atoms with Crippen molar-refractivity contribution in [2.75, 3.05) is 13.2 Å². The molecule has 3 atom stereocenters. The first-order valence-corrected chi connectivity index (χ1v) is 11.6. The SMILES string of the molecule is CC(C)C(CC(=O)O)NC(=O)[C@H]1OCC[C@H]1NC(=O)OCC1c2ccccc2-c2ccccc21. The van der Waals surface area contributed by atoms with Crippen molar-refractivity contribution in [1.82, 2.24) is 10.6 Å². The standard InChI is InChI=1S/C26H30N2O6/c1-15(2)22(13-23(29)30)27-25(31)24-21(11-12-33-24)28-26(32)34-14-20-18-9-5-3-7-16(18)17-8-4-6-10-19(17)20/h3-10,15,20-22,24H,11-14H2,1-2H3,(H,27,31)(H,28,32)(H,29,30)/t21-,22?,24+/m1/s1. The summed E-state index contributed by atoms with van der Waals surface area (Å²) in [4.78, 5) is 36.5. The second-order valence-electron chi connectivity index (χ2n) is 9.11. The van der Waals surface area contributed by atoms with E-state index in [-0.39, 0.29) is 24.9 Å². The van der Waals surface area contributed by atoms with Gasteiger partial charge in [-0.2, -0.15) is 0 Å².